The minimum atomic E-state index is -3.85. The topological polar surface area (TPSA) is 139 Å². The van der Waals surface area contributed by atoms with E-state index in [1.165, 1.54) is 22.5 Å². The van der Waals surface area contributed by atoms with Crippen LogP contribution in [0.1, 0.15) is 0 Å². The molecule has 1 amide bonds. The van der Waals surface area contributed by atoms with Gasteiger partial charge in [0.05, 0.1) is 33.8 Å². The van der Waals surface area contributed by atoms with E-state index in [4.69, 9.17) is 0 Å². The Morgan fingerprint density at radius 1 is 1.13 bits per heavy atom. The van der Waals surface area contributed by atoms with E-state index in [0.29, 0.717) is 29.8 Å². The van der Waals surface area contributed by atoms with Gasteiger partial charge in [0.15, 0.2) is 0 Å². The van der Waals surface area contributed by atoms with Gasteiger partial charge in [0.25, 0.3) is 5.69 Å². The summed E-state index contributed by atoms with van der Waals surface area (Å²) in [4.78, 5) is 24.5. The van der Waals surface area contributed by atoms with E-state index in [-0.39, 0.29) is 36.1 Å². The average molecular weight is 463 g/mol. The number of non-ortho nitro benzene ring substituents is 1. The molecule has 0 unspecified atom stereocenters. The van der Waals surface area contributed by atoms with Crippen LogP contribution in [0.15, 0.2) is 47.4 Å². The summed E-state index contributed by atoms with van der Waals surface area (Å²) in [5.74, 6) is -0.226. The number of nitro benzene ring substituents is 1. The number of nitrogens with zero attached hydrogens (tertiary/aromatic N) is 5. The number of fused-ring (bicyclic) bond motifs is 1. The predicted molar refractivity (Wildman–Crippen MR) is 114 cm³/mol. The molecular weight excluding hydrogens is 444 g/mol. The van der Waals surface area contributed by atoms with E-state index in [0.717, 1.165) is 17.8 Å². The molecule has 0 atom stereocenters. The molecule has 0 spiro atoms. The Bertz CT molecular complexity index is 1240. The van der Waals surface area contributed by atoms with Crippen molar-refractivity contribution in [1.29, 1.82) is 0 Å². The van der Waals surface area contributed by atoms with E-state index in [1.807, 2.05) is 11.0 Å². The molecule has 162 valence electrons. The second-order valence-corrected chi connectivity index (χ2v) is 9.39. The fourth-order valence-corrected chi connectivity index (χ4v) is 5.35. The van der Waals surface area contributed by atoms with Crippen LogP contribution in [-0.2, 0) is 14.8 Å². The Hall–Kier alpha value is -3.00. The van der Waals surface area contributed by atoms with Gasteiger partial charge in [-0.2, -0.15) is 13.1 Å². The zero-order valence-electron chi connectivity index (χ0n) is 16.2. The molecule has 0 radical (unpaired) electrons. The maximum absolute atomic E-state index is 12.8. The number of carbonyl (C=O) groups excluding carboxylic acids is 1. The molecule has 4 rings (SSSR count). The minimum Gasteiger partial charge on any atom is -0.323 e. The highest BCUT2D eigenvalue weighted by Crippen LogP contribution is 2.23. The summed E-state index contributed by atoms with van der Waals surface area (Å²) in [5.41, 5.74) is 1.65. The lowest BCUT2D eigenvalue weighted by Gasteiger charge is -2.33. The summed E-state index contributed by atoms with van der Waals surface area (Å²) in [7, 11) is -3.85. The van der Waals surface area contributed by atoms with Crippen molar-refractivity contribution in [2.45, 2.75) is 4.90 Å². The maximum atomic E-state index is 12.8. The fraction of sp³-hybridized carbons (Fsp3) is 0.278. The SMILES string of the molecule is O=C(CN1CCN(S(=O)(=O)c2cccc([N+](=O)[O-])c2)CC1)Nc1cccc2nsnc12. The first-order chi connectivity index (χ1) is 14.8. The number of nitro groups is 1. The van der Waals surface area contributed by atoms with Crippen LogP contribution in [0.4, 0.5) is 11.4 Å². The van der Waals surface area contributed by atoms with E-state index < -0.39 is 14.9 Å². The molecule has 1 N–H and O–H groups in total. The van der Waals surface area contributed by atoms with Crippen molar-refractivity contribution in [2.24, 2.45) is 0 Å². The highest BCUT2D eigenvalue weighted by atomic mass is 32.2. The Kier molecular flexibility index (Phi) is 5.91. The molecule has 11 nitrogen and oxygen atoms in total. The first-order valence-corrected chi connectivity index (χ1v) is 11.5. The first-order valence-electron chi connectivity index (χ1n) is 9.33. The number of benzene rings is 2. The third-order valence-electron chi connectivity index (χ3n) is 4.92. The molecule has 31 heavy (non-hydrogen) atoms. The molecule has 1 saturated heterocycles. The molecule has 1 aromatic heterocycles. The molecule has 3 aromatic rings. The van der Waals surface area contributed by atoms with Gasteiger partial charge >= 0.3 is 0 Å². The number of hydrogen-bond donors (Lipinski definition) is 1. The average Bonchev–Trinajstić information content (AvgIpc) is 3.24. The molecule has 0 bridgehead atoms. The van der Waals surface area contributed by atoms with Gasteiger partial charge in [-0.05, 0) is 18.2 Å². The van der Waals surface area contributed by atoms with Crippen LogP contribution in [0.3, 0.4) is 0 Å². The Balaban J connectivity index is 1.36. The van der Waals surface area contributed by atoms with Crippen molar-refractivity contribution in [3.8, 4) is 0 Å². The highest BCUT2D eigenvalue weighted by molar-refractivity contribution is 7.89. The lowest BCUT2D eigenvalue weighted by atomic mass is 10.2. The minimum absolute atomic E-state index is 0.110. The monoisotopic (exact) mass is 462 g/mol. The summed E-state index contributed by atoms with van der Waals surface area (Å²) in [5, 5.41) is 13.8. The normalized spacial score (nSPS) is 15.7. The molecule has 0 aliphatic carbocycles. The van der Waals surface area contributed by atoms with Crippen LogP contribution in [0.5, 0.6) is 0 Å². The van der Waals surface area contributed by atoms with Gasteiger partial charge in [-0.3, -0.25) is 19.8 Å². The number of sulfonamides is 1. The summed E-state index contributed by atoms with van der Waals surface area (Å²) in [6.07, 6.45) is 0. The Morgan fingerprint density at radius 2 is 1.87 bits per heavy atom. The highest BCUT2D eigenvalue weighted by Gasteiger charge is 2.30. The molecule has 1 aliphatic rings. The fourth-order valence-electron chi connectivity index (χ4n) is 3.33. The lowest BCUT2D eigenvalue weighted by molar-refractivity contribution is -0.385. The van der Waals surface area contributed by atoms with Crippen molar-refractivity contribution in [3.05, 3.63) is 52.6 Å². The molecular formula is C18H18N6O5S2. The summed E-state index contributed by atoms with van der Waals surface area (Å²) < 4.78 is 35.3. The smallest absolute Gasteiger partial charge is 0.270 e. The van der Waals surface area contributed by atoms with Gasteiger partial charge < -0.3 is 5.32 Å². The van der Waals surface area contributed by atoms with Crippen LogP contribution in [0, 0.1) is 10.1 Å². The van der Waals surface area contributed by atoms with Crippen LogP contribution in [0.25, 0.3) is 11.0 Å². The van der Waals surface area contributed by atoms with E-state index in [2.05, 4.69) is 14.1 Å². The Labute approximate surface area is 181 Å². The number of carbonyl (C=O) groups is 1. The van der Waals surface area contributed by atoms with Gasteiger partial charge in [0.1, 0.15) is 11.0 Å². The maximum Gasteiger partial charge on any atom is 0.270 e. The van der Waals surface area contributed by atoms with Crippen molar-refractivity contribution >= 4 is 50.1 Å². The summed E-state index contributed by atoms with van der Waals surface area (Å²) >= 11 is 1.07. The van der Waals surface area contributed by atoms with Gasteiger partial charge in [0, 0.05) is 38.3 Å². The zero-order valence-corrected chi connectivity index (χ0v) is 17.8. The van der Waals surface area contributed by atoms with Gasteiger partial charge in [-0.25, -0.2) is 8.42 Å². The first kappa shape index (κ1) is 21.2. The van der Waals surface area contributed by atoms with Crippen LogP contribution < -0.4 is 5.32 Å². The molecule has 2 aromatic carbocycles. The quantitative estimate of drug-likeness (QED) is 0.430. The molecule has 1 aliphatic heterocycles. The van der Waals surface area contributed by atoms with E-state index in [9.17, 15) is 23.3 Å². The van der Waals surface area contributed by atoms with Gasteiger partial charge in [0.2, 0.25) is 15.9 Å². The lowest BCUT2D eigenvalue weighted by Crippen LogP contribution is -2.50. The molecule has 1 fully saturated rings. The molecule has 0 saturated carbocycles. The van der Waals surface area contributed by atoms with Gasteiger partial charge in [-0.1, -0.05) is 12.1 Å². The number of hydrogen-bond acceptors (Lipinski definition) is 9. The number of piperazine rings is 1. The van der Waals surface area contributed by atoms with E-state index in [1.54, 1.807) is 12.1 Å². The van der Waals surface area contributed by atoms with Crippen LogP contribution in [0.2, 0.25) is 0 Å². The van der Waals surface area contributed by atoms with Crippen molar-refractivity contribution < 1.29 is 18.1 Å². The second kappa shape index (κ2) is 8.63. The third kappa shape index (κ3) is 4.54. The summed E-state index contributed by atoms with van der Waals surface area (Å²) in [6.45, 7) is 1.21. The standard InChI is InChI=1S/C18H18N6O5S2/c25-17(19-15-5-2-6-16-18(15)21-30-20-16)12-22-7-9-23(10-8-22)31(28,29)14-4-1-3-13(11-14)24(26)27/h1-6,11H,7-10,12H2,(H,19,25). The van der Waals surface area contributed by atoms with Crippen molar-refractivity contribution in [3.63, 3.8) is 0 Å². The van der Waals surface area contributed by atoms with E-state index >= 15 is 0 Å². The number of rotatable bonds is 6. The predicted octanol–water partition coefficient (Wildman–Crippen LogP) is 1.54. The molecule has 2 heterocycles. The van der Waals surface area contributed by atoms with Gasteiger partial charge in [-0.15, -0.1) is 0 Å². The number of aromatic nitrogens is 2. The summed E-state index contributed by atoms with van der Waals surface area (Å²) in [6, 6.07) is 10.4. The largest absolute Gasteiger partial charge is 0.323 e. The zero-order chi connectivity index (χ0) is 22.0. The van der Waals surface area contributed by atoms with Crippen molar-refractivity contribution in [2.75, 3.05) is 38.0 Å². The number of anilines is 1. The Morgan fingerprint density at radius 3 is 2.61 bits per heavy atom. The number of nitrogens with one attached hydrogen (secondary N) is 1. The van der Waals surface area contributed by atoms with Crippen LogP contribution in [-0.4, -0.2) is 69.9 Å². The number of amides is 1. The van der Waals surface area contributed by atoms with Crippen LogP contribution >= 0.6 is 11.7 Å². The van der Waals surface area contributed by atoms with Crippen molar-refractivity contribution in [1.82, 2.24) is 18.0 Å². The third-order valence-corrected chi connectivity index (χ3v) is 7.36. The second-order valence-electron chi connectivity index (χ2n) is 6.92. The molecule has 13 heteroatoms.